The Morgan fingerprint density at radius 1 is 0.689 bits per heavy atom. The minimum Gasteiger partial charge on any atom is -0.477 e. The van der Waals surface area contributed by atoms with Crippen molar-refractivity contribution in [2.75, 3.05) is 10.2 Å². The summed E-state index contributed by atoms with van der Waals surface area (Å²) in [5.74, 6) is -1.89. The van der Waals surface area contributed by atoms with Gasteiger partial charge in [0.1, 0.15) is 0 Å². The van der Waals surface area contributed by atoms with Crippen LogP contribution in [0, 0.1) is 0 Å². The SMILES string of the molecule is O=C(O)C[n+]1ccc(/C(=C/c2ccc3c(c2)C2CCCC2N3c2ccc(C=C(c3ccccc3)c3ccccc3)cc2)C(=O)Nc2cc(C(F)(F)F)cc(C(F)(F)F)c2)cc1. The standard InChI is InChI=1S/C49H37F6N3O3/c50-48(51,52)36-27-37(49(53,54)55)29-38(28-36)56-47(61)42(35-20-22-57(23-21-35)30-46(59)60)25-32-16-19-45-43(26-32)40-12-7-13-44(40)58(45)39-17-14-31(15-18-39)24-41(33-8-3-1-4-9-33)34-10-5-2-6-11-34/h1-6,8-11,14-29,40,44H,7,12-13,30H2,(H-,56,59,60,61)/p+1. The van der Waals surface area contributed by atoms with E-state index in [0.29, 0.717) is 17.7 Å². The van der Waals surface area contributed by atoms with Crippen molar-refractivity contribution in [2.45, 2.75) is 50.1 Å². The number of carboxylic acid groups (broad SMARTS) is 1. The Balaban J connectivity index is 1.14. The fourth-order valence-electron chi connectivity index (χ4n) is 8.34. The molecule has 2 atom stereocenters. The van der Waals surface area contributed by atoms with E-state index in [9.17, 15) is 41.0 Å². The van der Waals surface area contributed by atoms with Gasteiger partial charge in [-0.05, 0) is 106 Å². The highest BCUT2D eigenvalue weighted by Gasteiger charge is 2.42. The molecule has 6 aromatic rings. The van der Waals surface area contributed by atoms with Crippen LogP contribution in [0.3, 0.4) is 0 Å². The van der Waals surface area contributed by atoms with Crippen molar-refractivity contribution in [3.8, 4) is 0 Å². The van der Waals surface area contributed by atoms with E-state index in [1.807, 2.05) is 54.6 Å². The van der Waals surface area contributed by atoms with Gasteiger partial charge in [0.2, 0.25) is 6.54 Å². The van der Waals surface area contributed by atoms with E-state index in [-0.39, 0.29) is 35.7 Å². The first-order chi connectivity index (χ1) is 29.2. The summed E-state index contributed by atoms with van der Waals surface area (Å²) >= 11 is 0. The first-order valence-electron chi connectivity index (χ1n) is 19.6. The summed E-state index contributed by atoms with van der Waals surface area (Å²) in [4.78, 5) is 27.6. The van der Waals surface area contributed by atoms with Gasteiger partial charge in [-0.3, -0.25) is 4.79 Å². The number of fused-ring (bicyclic) bond motifs is 3. The summed E-state index contributed by atoms with van der Waals surface area (Å²) in [6.45, 7) is -0.373. The Bertz CT molecular complexity index is 2570. The highest BCUT2D eigenvalue weighted by atomic mass is 19.4. The van der Waals surface area contributed by atoms with E-state index >= 15 is 0 Å². The molecule has 8 rings (SSSR count). The summed E-state index contributed by atoms with van der Waals surface area (Å²) in [5, 5.41) is 11.5. The molecule has 0 radical (unpaired) electrons. The van der Waals surface area contributed by atoms with Gasteiger partial charge in [-0.25, -0.2) is 4.79 Å². The minimum absolute atomic E-state index is 0.00581. The molecule has 1 aromatic heterocycles. The smallest absolute Gasteiger partial charge is 0.416 e. The molecule has 6 nitrogen and oxygen atoms in total. The fourth-order valence-corrected chi connectivity index (χ4v) is 8.34. The zero-order valence-electron chi connectivity index (χ0n) is 32.4. The Kier molecular flexibility index (Phi) is 11.1. The summed E-state index contributed by atoms with van der Waals surface area (Å²) < 4.78 is 83.5. The molecular weight excluding hydrogens is 793 g/mol. The van der Waals surface area contributed by atoms with Gasteiger partial charge in [-0.2, -0.15) is 30.9 Å². The van der Waals surface area contributed by atoms with Crippen LogP contribution in [-0.4, -0.2) is 23.0 Å². The summed E-state index contributed by atoms with van der Waals surface area (Å²) in [7, 11) is 0. The molecule has 1 aliphatic carbocycles. The average Bonchev–Trinajstić information content (AvgIpc) is 3.83. The number of aromatic nitrogens is 1. The summed E-state index contributed by atoms with van der Waals surface area (Å²) in [5.41, 5.74) is 4.41. The lowest BCUT2D eigenvalue weighted by Crippen LogP contribution is -2.37. The molecule has 2 aliphatic rings. The van der Waals surface area contributed by atoms with Crippen molar-refractivity contribution >= 4 is 52.2 Å². The maximum absolute atomic E-state index is 14.0. The van der Waals surface area contributed by atoms with Crippen LogP contribution >= 0.6 is 0 Å². The molecule has 0 saturated heterocycles. The van der Waals surface area contributed by atoms with E-state index in [2.05, 4.69) is 64.8 Å². The Labute approximate surface area is 347 Å². The number of aliphatic carboxylic acids is 1. The first-order valence-corrected chi connectivity index (χ1v) is 19.6. The number of alkyl halides is 6. The number of nitrogens with zero attached hydrogens (tertiary/aromatic N) is 2. The van der Waals surface area contributed by atoms with Crippen LogP contribution in [0.15, 0.2) is 146 Å². The Morgan fingerprint density at radius 2 is 1.28 bits per heavy atom. The molecule has 5 aromatic carbocycles. The number of hydrogen-bond acceptors (Lipinski definition) is 3. The number of halogens is 6. The molecule has 2 unspecified atom stereocenters. The van der Waals surface area contributed by atoms with Gasteiger partial charge in [0, 0.05) is 46.7 Å². The maximum atomic E-state index is 14.0. The lowest BCUT2D eigenvalue weighted by atomic mass is 9.94. The largest absolute Gasteiger partial charge is 0.477 e. The third-order valence-electron chi connectivity index (χ3n) is 11.1. The first kappa shape index (κ1) is 40.8. The zero-order chi connectivity index (χ0) is 42.9. The van der Waals surface area contributed by atoms with Gasteiger partial charge in [-0.15, -0.1) is 0 Å². The average molecular weight is 831 g/mol. The van der Waals surface area contributed by atoms with Crippen molar-refractivity contribution < 1.29 is 45.6 Å². The number of amides is 1. The van der Waals surface area contributed by atoms with Gasteiger partial charge < -0.3 is 15.3 Å². The molecule has 2 N–H and O–H groups in total. The number of rotatable bonds is 10. The fraction of sp³-hybridized carbons (Fsp3) is 0.163. The summed E-state index contributed by atoms with van der Waals surface area (Å²) in [6, 6.07) is 38.7. The van der Waals surface area contributed by atoms with Crippen LogP contribution in [0.4, 0.5) is 43.4 Å². The van der Waals surface area contributed by atoms with Crippen LogP contribution in [0.5, 0.6) is 0 Å². The molecule has 1 fully saturated rings. The quantitative estimate of drug-likeness (QED) is 0.0624. The number of hydrogen-bond donors (Lipinski definition) is 2. The number of benzene rings is 5. The summed E-state index contributed by atoms with van der Waals surface area (Å²) in [6.07, 6.45) is -0.755. The lowest BCUT2D eigenvalue weighted by Gasteiger charge is -2.27. The number of pyridine rings is 1. The number of carboxylic acids is 1. The molecular formula is C49H38F6N3O3+. The maximum Gasteiger partial charge on any atom is 0.416 e. The predicted octanol–water partition coefficient (Wildman–Crippen LogP) is 11.7. The normalized spacial score (nSPS) is 16.2. The number of carbonyl (C=O) groups is 2. The van der Waals surface area contributed by atoms with E-state index in [0.717, 1.165) is 58.5 Å². The van der Waals surface area contributed by atoms with Crippen molar-refractivity contribution in [2.24, 2.45) is 0 Å². The van der Waals surface area contributed by atoms with Gasteiger partial charge in [0.15, 0.2) is 12.4 Å². The van der Waals surface area contributed by atoms with Crippen molar-refractivity contribution in [1.82, 2.24) is 0 Å². The van der Waals surface area contributed by atoms with Crippen molar-refractivity contribution in [1.29, 1.82) is 0 Å². The van der Waals surface area contributed by atoms with Gasteiger partial charge in [0.05, 0.1) is 11.1 Å². The number of carbonyl (C=O) groups excluding carboxylic acids is 1. The van der Waals surface area contributed by atoms with Crippen LogP contribution in [0.1, 0.15) is 69.7 Å². The second-order valence-electron chi connectivity index (χ2n) is 15.1. The minimum atomic E-state index is -5.11. The molecule has 12 heteroatoms. The van der Waals surface area contributed by atoms with E-state index in [1.54, 1.807) is 0 Å². The Morgan fingerprint density at radius 3 is 1.85 bits per heavy atom. The third kappa shape index (κ3) is 8.98. The van der Waals surface area contributed by atoms with Crippen LogP contribution in [-0.2, 0) is 28.5 Å². The molecule has 1 amide bonds. The molecule has 2 heterocycles. The highest BCUT2D eigenvalue weighted by molar-refractivity contribution is 6.29. The predicted molar refractivity (Wildman–Crippen MR) is 222 cm³/mol. The van der Waals surface area contributed by atoms with Crippen molar-refractivity contribution in [3.05, 3.63) is 190 Å². The van der Waals surface area contributed by atoms with Crippen molar-refractivity contribution in [3.63, 3.8) is 0 Å². The van der Waals surface area contributed by atoms with Gasteiger partial charge in [0.25, 0.3) is 5.91 Å². The van der Waals surface area contributed by atoms with Crippen LogP contribution in [0.2, 0.25) is 0 Å². The molecule has 1 aliphatic heterocycles. The zero-order valence-corrected chi connectivity index (χ0v) is 32.4. The molecule has 308 valence electrons. The monoisotopic (exact) mass is 830 g/mol. The number of nitrogens with one attached hydrogen (secondary N) is 1. The van der Waals surface area contributed by atoms with Gasteiger partial charge >= 0.3 is 18.3 Å². The second-order valence-corrected chi connectivity index (χ2v) is 15.1. The lowest BCUT2D eigenvalue weighted by molar-refractivity contribution is -0.685. The molecule has 0 bridgehead atoms. The molecule has 1 saturated carbocycles. The Hall–Kier alpha value is -6.95. The molecule has 0 spiro atoms. The van der Waals surface area contributed by atoms with Crippen LogP contribution in [0.25, 0.3) is 23.3 Å². The van der Waals surface area contributed by atoms with Gasteiger partial charge in [-0.1, -0.05) is 85.3 Å². The third-order valence-corrected chi connectivity index (χ3v) is 11.1. The van der Waals surface area contributed by atoms with Crippen LogP contribution < -0.4 is 14.8 Å². The topological polar surface area (TPSA) is 73.5 Å². The van der Waals surface area contributed by atoms with E-state index in [1.165, 1.54) is 35.2 Å². The van der Waals surface area contributed by atoms with E-state index < -0.39 is 41.0 Å². The highest BCUT2D eigenvalue weighted by Crippen LogP contribution is 2.52. The number of anilines is 3. The molecule has 61 heavy (non-hydrogen) atoms. The second kappa shape index (κ2) is 16.6. The van der Waals surface area contributed by atoms with E-state index in [4.69, 9.17) is 0 Å².